The lowest BCUT2D eigenvalue weighted by Gasteiger charge is -2.22. The highest BCUT2D eigenvalue weighted by atomic mass is 16.5. The van der Waals surface area contributed by atoms with Crippen LogP contribution >= 0.6 is 0 Å². The molecule has 0 unspecified atom stereocenters. The smallest absolute Gasteiger partial charge is 0.314 e. The molecule has 0 saturated heterocycles. The Morgan fingerprint density at radius 3 is 1.94 bits per heavy atom. The van der Waals surface area contributed by atoms with Gasteiger partial charge in [-0.1, -0.05) is 0 Å². The van der Waals surface area contributed by atoms with Crippen LogP contribution in [0, 0.1) is 0 Å². The molecule has 1 rings (SSSR count). The molecule has 1 aromatic rings. The topological polar surface area (TPSA) is 49.3 Å². The van der Waals surface area contributed by atoms with Crippen LogP contribution in [0.3, 0.4) is 0 Å². The number of hydrogen-bond acceptors (Lipinski definition) is 2. The van der Waals surface area contributed by atoms with E-state index in [1.165, 1.54) is 0 Å². The van der Waals surface area contributed by atoms with Crippen molar-refractivity contribution >= 4 is 0 Å². The number of aliphatic hydroxyl groups excluding tert-OH is 1. The predicted molar refractivity (Wildman–Crippen MR) is 61.8 cm³/mol. The number of aliphatic hydroxyl groups is 2. The van der Waals surface area contributed by atoms with Crippen LogP contribution in [-0.4, -0.2) is 14.8 Å². The minimum atomic E-state index is -1.46. The normalized spacial score (nSPS) is 13.6. The Balaban J connectivity index is 3.41. The Labute approximate surface area is 97.2 Å². The van der Waals surface area contributed by atoms with Crippen LogP contribution in [0.2, 0.25) is 0 Å². The highest BCUT2D eigenvalue weighted by Gasteiger charge is 2.35. The molecule has 0 aliphatic heterocycles. The van der Waals surface area contributed by atoms with Gasteiger partial charge in [0, 0.05) is 0 Å². The predicted octanol–water partition coefficient (Wildman–Crippen LogP) is 1.27. The molecular weight excluding hydrogens is 204 g/mol. The molecule has 2 N–H and O–H groups in total. The molecule has 0 atom stereocenters. The van der Waals surface area contributed by atoms with E-state index < -0.39 is 6.29 Å². The quantitative estimate of drug-likeness (QED) is 0.560. The SMILES string of the molecule is CC(C)(C)n1cc[n+](C(C)(C)C)c1C(O)O. The Morgan fingerprint density at radius 2 is 1.62 bits per heavy atom. The van der Waals surface area contributed by atoms with Gasteiger partial charge in [0.1, 0.15) is 23.5 Å². The van der Waals surface area contributed by atoms with E-state index in [0.29, 0.717) is 5.82 Å². The molecule has 4 nitrogen and oxygen atoms in total. The lowest BCUT2D eigenvalue weighted by Crippen LogP contribution is -2.53. The van der Waals surface area contributed by atoms with E-state index in [4.69, 9.17) is 0 Å². The van der Waals surface area contributed by atoms with Crippen molar-refractivity contribution in [2.75, 3.05) is 0 Å². The molecule has 0 aromatic carbocycles. The van der Waals surface area contributed by atoms with Gasteiger partial charge < -0.3 is 10.2 Å². The summed E-state index contributed by atoms with van der Waals surface area (Å²) in [6.45, 7) is 12.2. The van der Waals surface area contributed by atoms with Crippen LogP contribution < -0.4 is 4.57 Å². The molecule has 1 heterocycles. The lowest BCUT2D eigenvalue weighted by molar-refractivity contribution is -0.765. The van der Waals surface area contributed by atoms with Crippen molar-refractivity contribution in [3.05, 3.63) is 18.2 Å². The number of aromatic nitrogens is 2. The van der Waals surface area contributed by atoms with Crippen LogP contribution in [0.4, 0.5) is 0 Å². The Morgan fingerprint density at radius 1 is 1.12 bits per heavy atom. The molecule has 0 saturated carbocycles. The van der Waals surface area contributed by atoms with Crippen molar-refractivity contribution in [1.82, 2.24) is 4.57 Å². The Bertz CT molecular complexity index is 336. The van der Waals surface area contributed by atoms with Gasteiger partial charge in [-0.25, -0.2) is 9.13 Å². The van der Waals surface area contributed by atoms with Gasteiger partial charge in [0.05, 0.1) is 0 Å². The average Bonchev–Trinajstić information content (AvgIpc) is 2.43. The second kappa shape index (κ2) is 3.86. The summed E-state index contributed by atoms with van der Waals surface area (Å²) in [5, 5.41) is 19.0. The molecule has 0 aliphatic rings. The van der Waals surface area contributed by atoms with E-state index in [1.54, 1.807) is 0 Å². The summed E-state index contributed by atoms with van der Waals surface area (Å²) in [5.41, 5.74) is -0.342. The zero-order valence-electron chi connectivity index (χ0n) is 11.0. The van der Waals surface area contributed by atoms with Crippen LogP contribution in [0.1, 0.15) is 53.7 Å². The number of imidazole rings is 1. The number of hydrogen-bond donors (Lipinski definition) is 2. The summed E-state index contributed by atoms with van der Waals surface area (Å²) in [5.74, 6) is 0.514. The highest BCUT2D eigenvalue weighted by molar-refractivity contribution is 4.92. The molecule has 92 valence electrons. The maximum Gasteiger partial charge on any atom is 0.314 e. The third kappa shape index (κ3) is 2.44. The third-order valence-electron chi connectivity index (χ3n) is 2.53. The monoisotopic (exact) mass is 227 g/mol. The van der Waals surface area contributed by atoms with Crippen molar-refractivity contribution in [3.8, 4) is 0 Å². The molecule has 0 radical (unpaired) electrons. The maximum atomic E-state index is 9.51. The standard InChI is InChI=1S/C12H23N2O2/c1-11(2,3)13-7-8-14(12(4,5)6)9(13)10(15)16/h7-8,10,15-16H,1-6H3/q+1. The van der Waals surface area contributed by atoms with E-state index in [-0.39, 0.29) is 11.1 Å². The molecule has 1 aromatic heterocycles. The molecule has 4 heteroatoms. The Hall–Kier alpha value is -0.870. The maximum absolute atomic E-state index is 9.51. The second-order valence-corrected chi connectivity index (χ2v) is 6.11. The molecule has 0 fully saturated rings. The van der Waals surface area contributed by atoms with Gasteiger partial charge in [0.25, 0.3) is 6.29 Å². The first-order chi connectivity index (χ1) is 7.05. The van der Waals surface area contributed by atoms with E-state index in [0.717, 1.165) is 0 Å². The van der Waals surface area contributed by atoms with Crippen molar-refractivity contribution < 1.29 is 14.8 Å². The number of rotatable bonds is 1. The fraction of sp³-hybridized carbons (Fsp3) is 0.750. The summed E-state index contributed by atoms with van der Waals surface area (Å²) in [6, 6.07) is 0. The molecular formula is C12H23N2O2+. The van der Waals surface area contributed by atoms with Gasteiger partial charge in [-0.05, 0) is 41.5 Å². The minimum absolute atomic E-state index is 0.171. The van der Waals surface area contributed by atoms with E-state index in [1.807, 2.05) is 63.1 Å². The summed E-state index contributed by atoms with van der Waals surface area (Å²) in [4.78, 5) is 0. The van der Waals surface area contributed by atoms with Gasteiger partial charge >= 0.3 is 5.82 Å². The van der Waals surface area contributed by atoms with Crippen LogP contribution in [0.25, 0.3) is 0 Å². The fourth-order valence-corrected chi connectivity index (χ4v) is 1.79. The van der Waals surface area contributed by atoms with E-state index >= 15 is 0 Å². The molecule has 0 aliphatic carbocycles. The van der Waals surface area contributed by atoms with Gasteiger partial charge in [0.15, 0.2) is 0 Å². The summed E-state index contributed by atoms with van der Waals surface area (Å²) < 4.78 is 3.78. The summed E-state index contributed by atoms with van der Waals surface area (Å²) in [7, 11) is 0. The van der Waals surface area contributed by atoms with Crippen molar-refractivity contribution in [2.24, 2.45) is 0 Å². The van der Waals surface area contributed by atoms with Crippen LogP contribution in [0.15, 0.2) is 12.4 Å². The van der Waals surface area contributed by atoms with E-state index in [2.05, 4.69) is 0 Å². The van der Waals surface area contributed by atoms with Crippen LogP contribution in [-0.2, 0) is 11.1 Å². The lowest BCUT2D eigenvalue weighted by atomic mass is 10.1. The molecule has 0 spiro atoms. The van der Waals surface area contributed by atoms with Gasteiger partial charge in [-0.2, -0.15) is 0 Å². The van der Waals surface area contributed by atoms with Crippen molar-refractivity contribution in [3.63, 3.8) is 0 Å². The zero-order chi connectivity index (χ0) is 12.7. The first-order valence-electron chi connectivity index (χ1n) is 5.55. The third-order valence-corrected chi connectivity index (χ3v) is 2.53. The van der Waals surface area contributed by atoms with Crippen molar-refractivity contribution in [1.29, 1.82) is 0 Å². The average molecular weight is 227 g/mol. The molecule has 16 heavy (non-hydrogen) atoms. The molecule has 0 amide bonds. The second-order valence-electron chi connectivity index (χ2n) is 6.11. The van der Waals surface area contributed by atoms with Crippen molar-refractivity contribution in [2.45, 2.75) is 58.9 Å². The fourth-order valence-electron chi connectivity index (χ4n) is 1.79. The summed E-state index contributed by atoms with van der Waals surface area (Å²) >= 11 is 0. The molecule has 0 bridgehead atoms. The van der Waals surface area contributed by atoms with Gasteiger partial charge in [-0.3, -0.25) is 0 Å². The summed E-state index contributed by atoms with van der Waals surface area (Å²) in [6.07, 6.45) is 2.31. The zero-order valence-corrected chi connectivity index (χ0v) is 11.0. The first-order valence-corrected chi connectivity index (χ1v) is 5.55. The van der Waals surface area contributed by atoms with Gasteiger partial charge in [0.2, 0.25) is 0 Å². The number of nitrogens with zero attached hydrogens (tertiary/aromatic N) is 2. The highest BCUT2D eigenvalue weighted by Crippen LogP contribution is 2.20. The van der Waals surface area contributed by atoms with E-state index in [9.17, 15) is 10.2 Å². The first kappa shape index (κ1) is 13.2. The largest absolute Gasteiger partial charge is 0.359 e. The minimum Gasteiger partial charge on any atom is -0.359 e. The van der Waals surface area contributed by atoms with Crippen LogP contribution in [0.5, 0.6) is 0 Å². The Kier molecular flexibility index (Phi) is 3.18. The van der Waals surface area contributed by atoms with Gasteiger partial charge in [-0.15, -0.1) is 0 Å².